The minimum atomic E-state index is -0.685. The molecule has 0 radical (unpaired) electrons. The SMILES string of the molecule is CCOC(=O)[C@H]1CCCN(C(=O)c2cccc(F)n2)C1. The van der Waals surface area contributed by atoms with E-state index in [1.54, 1.807) is 6.92 Å². The molecule has 0 saturated carbocycles. The Labute approximate surface area is 116 Å². The molecule has 0 aromatic carbocycles. The Morgan fingerprint density at radius 3 is 3.00 bits per heavy atom. The van der Waals surface area contributed by atoms with E-state index in [0.29, 0.717) is 26.1 Å². The maximum Gasteiger partial charge on any atom is 0.310 e. The molecule has 108 valence electrons. The van der Waals surface area contributed by atoms with Gasteiger partial charge in [0.2, 0.25) is 5.95 Å². The molecule has 20 heavy (non-hydrogen) atoms. The van der Waals surface area contributed by atoms with Gasteiger partial charge in [-0.1, -0.05) is 6.07 Å². The van der Waals surface area contributed by atoms with Gasteiger partial charge in [0.25, 0.3) is 5.91 Å². The third-order valence-corrected chi connectivity index (χ3v) is 3.26. The van der Waals surface area contributed by atoms with Crippen LogP contribution in [0.3, 0.4) is 0 Å². The quantitative estimate of drug-likeness (QED) is 0.624. The first-order valence-corrected chi connectivity index (χ1v) is 6.70. The molecule has 1 aliphatic heterocycles. The highest BCUT2D eigenvalue weighted by molar-refractivity contribution is 5.92. The standard InChI is InChI=1S/C14H17FN2O3/c1-2-20-14(19)10-5-4-8-17(9-10)13(18)11-6-3-7-12(15)16-11/h3,6-7,10H,2,4-5,8-9H2,1H3/t10-/m0/s1. The number of ether oxygens (including phenoxy) is 1. The molecular formula is C14H17FN2O3. The van der Waals surface area contributed by atoms with Gasteiger partial charge in [0.15, 0.2) is 0 Å². The van der Waals surface area contributed by atoms with Crippen LogP contribution in [0.2, 0.25) is 0 Å². The number of piperidine rings is 1. The summed E-state index contributed by atoms with van der Waals surface area (Å²) in [5, 5.41) is 0. The number of carbonyl (C=O) groups is 2. The maximum absolute atomic E-state index is 13.0. The lowest BCUT2D eigenvalue weighted by atomic mass is 9.98. The van der Waals surface area contributed by atoms with Crippen molar-refractivity contribution in [1.29, 1.82) is 0 Å². The molecule has 5 nitrogen and oxygen atoms in total. The molecule has 1 aliphatic rings. The number of carbonyl (C=O) groups excluding carboxylic acids is 2. The van der Waals surface area contributed by atoms with E-state index in [2.05, 4.69) is 4.98 Å². The fourth-order valence-electron chi connectivity index (χ4n) is 2.30. The van der Waals surface area contributed by atoms with Gasteiger partial charge in [-0.25, -0.2) is 4.98 Å². The maximum atomic E-state index is 13.0. The molecular weight excluding hydrogens is 263 g/mol. The molecule has 1 fully saturated rings. The molecule has 6 heteroatoms. The van der Waals surface area contributed by atoms with Crippen molar-refractivity contribution in [2.24, 2.45) is 5.92 Å². The number of pyridine rings is 1. The second-order valence-corrected chi connectivity index (χ2v) is 4.69. The van der Waals surface area contributed by atoms with E-state index in [0.717, 1.165) is 6.42 Å². The van der Waals surface area contributed by atoms with Crippen LogP contribution in [0.4, 0.5) is 4.39 Å². The van der Waals surface area contributed by atoms with Crippen molar-refractivity contribution in [2.75, 3.05) is 19.7 Å². The van der Waals surface area contributed by atoms with E-state index in [-0.39, 0.29) is 23.5 Å². The fourth-order valence-corrected chi connectivity index (χ4v) is 2.30. The van der Waals surface area contributed by atoms with E-state index in [4.69, 9.17) is 4.74 Å². The summed E-state index contributed by atoms with van der Waals surface area (Å²) < 4.78 is 18.0. The Kier molecular flexibility index (Phi) is 4.65. The first-order chi connectivity index (χ1) is 9.61. The molecule has 0 aliphatic carbocycles. The zero-order chi connectivity index (χ0) is 14.5. The summed E-state index contributed by atoms with van der Waals surface area (Å²) in [6.45, 7) is 2.93. The highest BCUT2D eigenvalue weighted by Crippen LogP contribution is 2.19. The van der Waals surface area contributed by atoms with E-state index in [1.165, 1.54) is 23.1 Å². The van der Waals surface area contributed by atoms with Crippen LogP contribution in [0.25, 0.3) is 0 Å². The zero-order valence-corrected chi connectivity index (χ0v) is 11.3. The fraction of sp³-hybridized carbons (Fsp3) is 0.500. The molecule has 1 amide bonds. The topological polar surface area (TPSA) is 59.5 Å². The van der Waals surface area contributed by atoms with Gasteiger partial charge < -0.3 is 9.64 Å². The van der Waals surface area contributed by atoms with Gasteiger partial charge in [-0.2, -0.15) is 4.39 Å². The normalized spacial score (nSPS) is 18.7. The average molecular weight is 280 g/mol. The highest BCUT2D eigenvalue weighted by atomic mass is 19.1. The average Bonchev–Trinajstić information content (AvgIpc) is 2.47. The van der Waals surface area contributed by atoms with Crippen molar-refractivity contribution in [2.45, 2.75) is 19.8 Å². The molecule has 1 aromatic heterocycles. The summed E-state index contributed by atoms with van der Waals surface area (Å²) in [4.78, 5) is 29.1. The Bertz CT molecular complexity index is 507. The van der Waals surface area contributed by atoms with Gasteiger partial charge in [0, 0.05) is 13.1 Å². The van der Waals surface area contributed by atoms with Crippen LogP contribution >= 0.6 is 0 Å². The van der Waals surface area contributed by atoms with Gasteiger partial charge in [-0.05, 0) is 31.9 Å². The lowest BCUT2D eigenvalue weighted by molar-refractivity contribution is -0.149. The molecule has 2 heterocycles. The lowest BCUT2D eigenvalue weighted by Crippen LogP contribution is -2.43. The molecule has 2 rings (SSSR count). The van der Waals surface area contributed by atoms with Crippen molar-refractivity contribution in [1.82, 2.24) is 9.88 Å². The number of nitrogens with zero attached hydrogens (tertiary/aromatic N) is 2. The van der Waals surface area contributed by atoms with E-state index < -0.39 is 5.95 Å². The van der Waals surface area contributed by atoms with Gasteiger partial charge in [0.1, 0.15) is 5.69 Å². The summed E-state index contributed by atoms with van der Waals surface area (Å²) in [6, 6.07) is 4.11. The number of aromatic nitrogens is 1. The van der Waals surface area contributed by atoms with Crippen molar-refractivity contribution in [3.8, 4) is 0 Å². The summed E-state index contributed by atoms with van der Waals surface area (Å²) in [6.07, 6.45) is 1.43. The molecule has 0 unspecified atom stereocenters. The number of hydrogen-bond donors (Lipinski definition) is 0. The van der Waals surface area contributed by atoms with Crippen LogP contribution in [0, 0.1) is 11.9 Å². The first kappa shape index (κ1) is 14.4. The lowest BCUT2D eigenvalue weighted by Gasteiger charge is -2.31. The number of halogens is 1. The predicted molar refractivity (Wildman–Crippen MR) is 69.5 cm³/mol. The Hall–Kier alpha value is -1.98. The number of esters is 1. The van der Waals surface area contributed by atoms with E-state index >= 15 is 0 Å². The van der Waals surface area contributed by atoms with Crippen LogP contribution in [-0.2, 0) is 9.53 Å². The molecule has 1 saturated heterocycles. The number of rotatable bonds is 3. The van der Waals surface area contributed by atoms with Crippen LogP contribution in [0.1, 0.15) is 30.3 Å². The monoisotopic (exact) mass is 280 g/mol. The highest BCUT2D eigenvalue weighted by Gasteiger charge is 2.30. The second kappa shape index (κ2) is 6.45. The number of likely N-dealkylation sites (tertiary alicyclic amines) is 1. The minimum absolute atomic E-state index is 0.0644. The molecule has 0 N–H and O–H groups in total. The van der Waals surface area contributed by atoms with Crippen molar-refractivity contribution < 1.29 is 18.7 Å². The first-order valence-electron chi connectivity index (χ1n) is 6.70. The number of hydrogen-bond acceptors (Lipinski definition) is 4. The van der Waals surface area contributed by atoms with Crippen LogP contribution in [-0.4, -0.2) is 41.5 Å². The summed E-state index contributed by atoms with van der Waals surface area (Å²) in [7, 11) is 0. The summed E-state index contributed by atoms with van der Waals surface area (Å²) in [5.74, 6) is -1.62. The van der Waals surface area contributed by atoms with Crippen molar-refractivity contribution in [3.63, 3.8) is 0 Å². The predicted octanol–water partition coefficient (Wildman–Crippen LogP) is 1.64. The summed E-state index contributed by atoms with van der Waals surface area (Å²) >= 11 is 0. The van der Waals surface area contributed by atoms with Crippen LogP contribution in [0.5, 0.6) is 0 Å². The Morgan fingerprint density at radius 2 is 2.30 bits per heavy atom. The molecule has 0 spiro atoms. The third-order valence-electron chi connectivity index (χ3n) is 3.26. The molecule has 1 aromatic rings. The van der Waals surface area contributed by atoms with E-state index in [9.17, 15) is 14.0 Å². The van der Waals surface area contributed by atoms with Crippen molar-refractivity contribution in [3.05, 3.63) is 29.8 Å². The van der Waals surface area contributed by atoms with Crippen molar-refractivity contribution >= 4 is 11.9 Å². The van der Waals surface area contributed by atoms with Gasteiger partial charge >= 0.3 is 5.97 Å². The Balaban J connectivity index is 2.05. The summed E-state index contributed by atoms with van der Waals surface area (Å²) in [5.41, 5.74) is 0.0644. The van der Waals surface area contributed by atoms with E-state index in [1.807, 2.05) is 0 Å². The Morgan fingerprint density at radius 1 is 1.50 bits per heavy atom. The third kappa shape index (κ3) is 3.31. The molecule has 1 atom stereocenters. The van der Waals surface area contributed by atoms with Gasteiger partial charge in [-0.3, -0.25) is 9.59 Å². The molecule has 0 bridgehead atoms. The minimum Gasteiger partial charge on any atom is -0.466 e. The van der Waals surface area contributed by atoms with Crippen LogP contribution in [0.15, 0.2) is 18.2 Å². The van der Waals surface area contributed by atoms with Crippen LogP contribution < -0.4 is 0 Å². The van der Waals surface area contributed by atoms with Gasteiger partial charge in [0.05, 0.1) is 12.5 Å². The smallest absolute Gasteiger partial charge is 0.310 e. The number of amides is 1. The second-order valence-electron chi connectivity index (χ2n) is 4.69. The zero-order valence-electron chi connectivity index (χ0n) is 11.3. The van der Waals surface area contributed by atoms with Gasteiger partial charge in [-0.15, -0.1) is 0 Å². The largest absolute Gasteiger partial charge is 0.466 e.